The minimum absolute atomic E-state index is 0.0486. The highest BCUT2D eigenvalue weighted by molar-refractivity contribution is 7.86. The number of non-ortho nitro benzene ring substituents is 1. The Hall–Kier alpha value is -2.43. The lowest BCUT2D eigenvalue weighted by Crippen LogP contribution is -2.20. The predicted molar refractivity (Wildman–Crippen MR) is 92.0 cm³/mol. The number of nitrogens with zero attached hydrogens (tertiary/aromatic N) is 1. The minimum Gasteiger partial charge on any atom is -0.482 e. The van der Waals surface area contributed by atoms with Gasteiger partial charge in [-0.3, -0.25) is 14.9 Å². The number of benzene rings is 2. The van der Waals surface area contributed by atoms with E-state index < -0.39 is 37.6 Å². The minimum atomic E-state index is -4.97. The monoisotopic (exact) mass is 422 g/mol. The van der Waals surface area contributed by atoms with Gasteiger partial charge >= 0.3 is 10.2 Å². The van der Waals surface area contributed by atoms with E-state index in [-0.39, 0.29) is 22.1 Å². The summed E-state index contributed by atoms with van der Waals surface area (Å²) in [6.07, 6.45) is 0. The summed E-state index contributed by atoms with van der Waals surface area (Å²) in [7, 11) is -4.97. The molecule has 0 atom stereocenters. The van der Waals surface area contributed by atoms with Crippen LogP contribution in [0, 0.1) is 10.1 Å². The quantitative estimate of drug-likeness (QED) is 0.432. The van der Waals surface area contributed by atoms with E-state index in [1.54, 1.807) is 0 Å². The molecule has 0 saturated carbocycles. The summed E-state index contributed by atoms with van der Waals surface area (Å²) < 4.78 is 39.7. The molecular formula is C14H9Cl2FN2O6S. The van der Waals surface area contributed by atoms with E-state index in [2.05, 4.69) is 5.32 Å². The van der Waals surface area contributed by atoms with Crippen molar-refractivity contribution in [3.05, 3.63) is 56.6 Å². The van der Waals surface area contributed by atoms with Crippen molar-refractivity contribution in [2.75, 3.05) is 11.9 Å². The number of amides is 1. The predicted octanol–water partition coefficient (Wildman–Crippen LogP) is 3.58. The van der Waals surface area contributed by atoms with Gasteiger partial charge in [-0.1, -0.05) is 23.2 Å². The number of hydrogen-bond acceptors (Lipinski definition) is 6. The number of rotatable bonds is 6. The molecule has 8 nitrogen and oxygen atoms in total. The molecule has 1 N–H and O–H groups in total. The van der Waals surface area contributed by atoms with Crippen LogP contribution in [0.4, 0.5) is 15.3 Å². The van der Waals surface area contributed by atoms with Crippen LogP contribution in [0.1, 0.15) is 0 Å². The van der Waals surface area contributed by atoms with Crippen molar-refractivity contribution in [3.8, 4) is 5.75 Å². The second kappa shape index (κ2) is 7.85. The number of nitro groups is 1. The summed E-state index contributed by atoms with van der Waals surface area (Å²) in [5.74, 6) is -0.587. The number of nitro benzene ring substituents is 1. The van der Waals surface area contributed by atoms with Crippen LogP contribution in [0.25, 0.3) is 0 Å². The molecule has 0 fully saturated rings. The van der Waals surface area contributed by atoms with E-state index in [0.29, 0.717) is 0 Å². The summed E-state index contributed by atoms with van der Waals surface area (Å²) in [5.41, 5.74) is -0.116. The smallest absolute Gasteiger partial charge is 0.333 e. The first-order chi connectivity index (χ1) is 12.1. The van der Waals surface area contributed by atoms with Crippen molar-refractivity contribution in [3.63, 3.8) is 0 Å². The van der Waals surface area contributed by atoms with Crippen LogP contribution >= 0.6 is 23.2 Å². The SMILES string of the molecule is O=C(COc1ccc([N+](=O)[O-])cc1Cl)Nc1ccc(S(=O)(=O)F)c(Cl)c1. The zero-order valence-electron chi connectivity index (χ0n) is 12.6. The number of halogens is 3. The first-order valence-corrected chi connectivity index (χ1v) is 8.82. The summed E-state index contributed by atoms with van der Waals surface area (Å²) >= 11 is 11.5. The lowest BCUT2D eigenvalue weighted by Gasteiger charge is -2.09. The van der Waals surface area contributed by atoms with E-state index in [1.165, 1.54) is 6.07 Å². The molecule has 0 aliphatic heterocycles. The molecule has 26 heavy (non-hydrogen) atoms. The van der Waals surface area contributed by atoms with Crippen LogP contribution < -0.4 is 10.1 Å². The Labute approximate surface area is 156 Å². The van der Waals surface area contributed by atoms with E-state index in [1.807, 2.05) is 0 Å². The Balaban J connectivity index is 2.01. The number of hydrogen-bond donors (Lipinski definition) is 1. The highest BCUT2D eigenvalue weighted by Gasteiger charge is 2.17. The maximum Gasteiger partial charge on any atom is 0.333 e. The maximum absolute atomic E-state index is 12.9. The fraction of sp³-hybridized carbons (Fsp3) is 0.0714. The molecule has 2 aromatic carbocycles. The van der Waals surface area contributed by atoms with Crippen LogP contribution in [0.2, 0.25) is 10.0 Å². The van der Waals surface area contributed by atoms with Crippen LogP contribution in [-0.4, -0.2) is 25.9 Å². The fourth-order valence-corrected chi connectivity index (χ4v) is 3.05. The third kappa shape index (κ3) is 5.04. The second-order valence-electron chi connectivity index (χ2n) is 4.79. The largest absolute Gasteiger partial charge is 0.482 e. The Kier molecular flexibility index (Phi) is 6.01. The Bertz CT molecular complexity index is 983. The van der Waals surface area contributed by atoms with Crippen molar-refractivity contribution >= 4 is 50.7 Å². The molecule has 2 aromatic rings. The van der Waals surface area contributed by atoms with Crippen molar-refractivity contribution in [2.24, 2.45) is 0 Å². The maximum atomic E-state index is 12.9. The van der Waals surface area contributed by atoms with Gasteiger partial charge in [0.1, 0.15) is 10.6 Å². The number of anilines is 1. The number of nitrogens with one attached hydrogen (secondary N) is 1. The van der Waals surface area contributed by atoms with Gasteiger partial charge < -0.3 is 10.1 Å². The molecule has 0 aromatic heterocycles. The van der Waals surface area contributed by atoms with E-state index in [4.69, 9.17) is 27.9 Å². The molecule has 0 aliphatic carbocycles. The van der Waals surface area contributed by atoms with E-state index in [9.17, 15) is 27.2 Å². The van der Waals surface area contributed by atoms with Gasteiger partial charge in [0.25, 0.3) is 11.6 Å². The van der Waals surface area contributed by atoms with Gasteiger partial charge in [0.05, 0.1) is 15.0 Å². The summed E-state index contributed by atoms with van der Waals surface area (Å²) in [5, 5.41) is 12.5. The number of carbonyl (C=O) groups is 1. The molecule has 0 spiro atoms. The van der Waals surface area contributed by atoms with Crippen molar-refractivity contribution < 1.29 is 26.8 Å². The molecule has 0 heterocycles. The van der Waals surface area contributed by atoms with Crippen molar-refractivity contribution in [2.45, 2.75) is 4.90 Å². The lowest BCUT2D eigenvalue weighted by molar-refractivity contribution is -0.384. The number of carbonyl (C=O) groups excluding carboxylic acids is 1. The van der Waals surface area contributed by atoms with Gasteiger partial charge in [0.2, 0.25) is 0 Å². The average molecular weight is 423 g/mol. The molecular weight excluding hydrogens is 414 g/mol. The Morgan fingerprint density at radius 2 is 1.88 bits per heavy atom. The van der Waals surface area contributed by atoms with Crippen LogP contribution in [0.5, 0.6) is 5.75 Å². The van der Waals surface area contributed by atoms with Gasteiger partial charge in [-0.2, -0.15) is 8.42 Å². The van der Waals surface area contributed by atoms with Gasteiger partial charge in [0.15, 0.2) is 6.61 Å². The molecule has 0 aliphatic rings. The lowest BCUT2D eigenvalue weighted by atomic mass is 10.3. The Morgan fingerprint density at radius 1 is 1.19 bits per heavy atom. The average Bonchev–Trinajstić information content (AvgIpc) is 2.52. The van der Waals surface area contributed by atoms with Crippen LogP contribution in [0.3, 0.4) is 0 Å². The first kappa shape index (κ1) is 19.9. The van der Waals surface area contributed by atoms with Crippen molar-refractivity contribution in [1.82, 2.24) is 0 Å². The standard InChI is InChI=1S/C14H9Cl2FN2O6S/c15-10-6-9(19(21)22)2-3-12(10)25-7-14(20)18-8-1-4-13(11(16)5-8)26(17,23)24/h1-6H,7H2,(H,18,20). The normalized spacial score (nSPS) is 11.0. The Morgan fingerprint density at radius 3 is 2.42 bits per heavy atom. The molecule has 0 saturated heterocycles. The third-order valence-electron chi connectivity index (χ3n) is 2.96. The highest BCUT2D eigenvalue weighted by Crippen LogP contribution is 2.29. The van der Waals surface area contributed by atoms with Gasteiger partial charge in [-0.05, 0) is 24.3 Å². The summed E-state index contributed by atoms with van der Waals surface area (Å²) in [4.78, 5) is 21.1. The molecule has 1 amide bonds. The number of ether oxygens (including phenoxy) is 1. The van der Waals surface area contributed by atoms with E-state index >= 15 is 0 Å². The van der Waals surface area contributed by atoms with E-state index in [0.717, 1.165) is 30.3 Å². The molecule has 0 unspecified atom stereocenters. The molecule has 138 valence electrons. The summed E-state index contributed by atoms with van der Waals surface area (Å²) in [6.45, 7) is -0.488. The second-order valence-corrected chi connectivity index (χ2v) is 6.92. The third-order valence-corrected chi connectivity index (χ3v) is 4.56. The first-order valence-electron chi connectivity index (χ1n) is 6.69. The van der Waals surface area contributed by atoms with Gasteiger partial charge in [0, 0.05) is 17.8 Å². The van der Waals surface area contributed by atoms with Crippen LogP contribution in [0.15, 0.2) is 41.3 Å². The van der Waals surface area contributed by atoms with Gasteiger partial charge in [-0.25, -0.2) is 0 Å². The van der Waals surface area contributed by atoms with Crippen LogP contribution in [-0.2, 0) is 15.0 Å². The fourth-order valence-electron chi connectivity index (χ4n) is 1.84. The van der Waals surface area contributed by atoms with Gasteiger partial charge in [-0.15, -0.1) is 3.89 Å². The molecule has 2 rings (SSSR count). The summed E-state index contributed by atoms with van der Waals surface area (Å²) in [6, 6.07) is 6.59. The molecule has 0 radical (unpaired) electrons. The van der Waals surface area contributed by atoms with Crippen molar-refractivity contribution in [1.29, 1.82) is 0 Å². The zero-order valence-corrected chi connectivity index (χ0v) is 14.9. The topological polar surface area (TPSA) is 116 Å². The molecule has 12 heteroatoms. The molecule has 0 bridgehead atoms. The zero-order chi connectivity index (χ0) is 19.5. The highest BCUT2D eigenvalue weighted by atomic mass is 35.5.